The number of likely N-dealkylation sites (tertiary alicyclic amines) is 1. The Kier molecular flexibility index (Phi) is 14.2. The van der Waals surface area contributed by atoms with E-state index in [9.17, 15) is 9.32 Å². The Morgan fingerprint density at radius 2 is 1.76 bits per heavy atom. The van der Waals surface area contributed by atoms with Crippen molar-refractivity contribution in [3.05, 3.63) is 89.1 Å². The van der Waals surface area contributed by atoms with Gasteiger partial charge in [0.15, 0.2) is 0 Å². The van der Waals surface area contributed by atoms with Crippen molar-refractivity contribution < 1.29 is 18.7 Å². The third-order valence-electron chi connectivity index (χ3n) is 6.11. The van der Waals surface area contributed by atoms with E-state index < -0.39 is 11.9 Å². The third kappa shape index (κ3) is 9.48. The molecule has 38 heavy (non-hydrogen) atoms. The van der Waals surface area contributed by atoms with Crippen molar-refractivity contribution in [3.63, 3.8) is 0 Å². The number of carbonyl (C=O) groups excluding carboxylic acids is 1. The number of hydrogen-bond acceptors (Lipinski definition) is 3. The Hall–Kier alpha value is -2.83. The third-order valence-corrected chi connectivity index (χ3v) is 6.24. The van der Waals surface area contributed by atoms with Gasteiger partial charge >= 0.3 is 0 Å². The molecule has 1 amide bonds. The summed E-state index contributed by atoms with van der Waals surface area (Å²) in [4.78, 5) is 22.8. The molecule has 0 unspecified atom stereocenters. The van der Waals surface area contributed by atoms with Gasteiger partial charge in [-0.25, -0.2) is 4.39 Å². The molecule has 0 aliphatic carbocycles. The number of hydrogen-bond donors (Lipinski definition) is 0. The van der Waals surface area contributed by atoms with Crippen LogP contribution in [0.4, 0.5) is 8.92 Å². The first kappa shape index (κ1) is 33.2. The number of halogens is 3. The number of carbonyl (C=O) groups is 1. The Balaban J connectivity index is 0.00000352. The average molecular weight is 547 g/mol. The first-order chi connectivity index (χ1) is 18.0. The summed E-state index contributed by atoms with van der Waals surface area (Å²) in [6, 6.07) is 0. The molecule has 0 N–H and O–H groups in total. The topological polar surface area (TPSA) is 42.4 Å². The van der Waals surface area contributed by atoms with Gasteiger partial charge in [0.1, 0.15) is 11.9 Å². The zero-order chi connectivity index (χ0) is 28.9. The highest BCUT2D eigenvalue weighted by molar-refractivity contribution is 6.26. The van der Waals surface area contributed by atoms with Gasteiger partial charge in [0.2, 0.25) is 0 Å². The summed E-state index contributed by atoms with van der Waals surface area (Å²) in [6.45, 7) is 18.7. The van der Waals surface area contributed by atoms with Gasteiger partial charge in [0.25, 0.3) is 5.91 Å². The number of allylic oxidation sites excluding steroid dienone is 8. The molecular formula is C31H41ClF2N2O2. The van der Waals surface area contributed by atoms with Crippen LogP contribution in [0.1, 0.15) is 72.4 Å². The summed E-state index contributed by atoms with van der Waals surface area (Å²) in [5.41, 5.74) is 4.25. The van der Waals surface area contributed by atoms with Crippen LogP contribution >= 0.6 is 11.6 Å². The summed E-state index contributed by atoms with van der Waals surface area (Å²) in [7, 11) is 0. The van der Waals surface area contributed by atoms with E-state index >= 15 is 4.39 Å². The minimum Gasteiger partial charge on any atom is -0.338 e. The van der Waals surface area contributed by atoms with E-state index in [1.165, 1.54) is 24.0 Å². The first-order valence-corrected chi connectivity index (χ1v) is 13.4. The predicted molar refractivity (Wildman–Crippen MR) is 155 cm³/mol. The molecule has 1 aromatic heterocycles. The Bertz CT molecular complexity index is 1100. The summed E-state index contributed by atoms with van der Waals surface area (Å²) in [5.74, 6) is -0.646. The molecule has 0 saturated carbocycles. The average Bonchev–Trinajstić information content (AvgIpc) is 2.91. The van der Waals surface area contributed by atoms with E-state index in [4.69, 9.17) is 11.6 Å². The first-order valence-electron chi connectivity index (χ1n) is 12.9. The van der Waals surface area contributed by atoms with E-state index in [2.05, 4.69) is 37.3 Å². The molecule has 1 fully saturated rings. The standard InChI is InChI=1S/C29H35ClF2N2O2.C2H6/c1-7-8-23(17-21(3)29(4,5)6)26-19-33-18-25(27(26)31)20(2)9-10-22(11-14-30)28(35)34-15-12-24(36-32)13-16-34;1-2/h7-11,14,17-19,24H,3,12-13,15-16H2,1-2,4-6H3;1-2H3/b8-7-,14-11+,20-9+,22-10+,23-17+;. The Morgan fingerprint density at radius 3 is 2.29 bits per heavy atom. The minimum absolute atomic E-state index is 0.165. The van der Waals surface area contributed by atoms with Crippen LogP contribution in [0.5, 0.6) is 0 Å². The smallest absolute Gasteiger partial charge is 0.253 e. The van der Waals surface area contributed by atoms with Gasteiger partial charge in [0, 0.05) is 47.7 Å². The molecule has 208 valence electrons. The molecule has 1 aliphatic heterocycles. The highest BCUT2D eigenvalue weighted by Gasteiger charge is 2.25. The molecule has 2 rings (SSSR count). The van der Waals surface area contributed by atoms with Crippen molar-refractivity contribution in [2.24, 2.45) is 5.41 Å². The molecule has 1 aliphatic rings. The van der Waals surface area contributed by atoms with Crippen LogP contribution in [0.15, 0.2) is 72.1 Å². The minimum atomic E-state index is -0.489. The maximum Gasteiger partial charge on any atom is 0.253 e. The molecular weight excluding hydrogens is 506 g/mol. The lowest BCUT2D eigenvalue weighted by Crippen LogP contribution is -2.40. The molecule has 1 aromatic rings. The molecule has 0 bridgehead atoms. The summed E-state index contributed by atoms with van der Waals surface area (Å²) < 4.78 is 28.1. The second kappa shape index (κ2) is 16.2. The summed E-state index contributed by atoms with van der Waals surface area (Å²) >= 11 is 5.77. The highest BCUT2D eigenvalue weighted by Crippen LogP contribution is 2.31. The lowest BCUT2D eigenvalue weighted by atomic mass is 9.85. The maximum atomic E-state index is 15.7. The number of amides is 1. The lowest BCUT2D eigenvalue weighted by Gasteiger charge is -2.30. The van der Waals surface area contributed by atoms with Crippen molar-refractivity contribution in [1.29, 1.82) is 0 Å². The van der Waals surface area contributed by atoms with Gasteiger partial charge in [-0.3, -0.25) is 9.78 Å². The number of piperidine rings is 1. The van der Waals surface area contributed by atoms with Crippen LogP contribution < -0.4 is 0 Å². The van der Waals surface area contributed by atoms with Crippen molar-refractivity contribution >= 4 is 28.7 Å². The van der Waals surface area contributed by atoms with E-state index in [0.29, 0.717) is 53.8 Å². The molecule has 0 spiro atoms. The molecule has 0 radical (unpaired) electrons. The highest BCUT2D eigenvalue weighted by atomic mass is 35.5. The van der Waals surface area contributed by atoms with Crippen LogP contribution in [0.25, 0.3) is 11.1 Å². The number of pyridine rings is 1. The van der Waals surface area contributed by atoms with Gasteiger partial charge < -0.3 is 4.90 Å². The largest absolute Gasteiger partial charge is 0.338 e. The molecule has 7 heteroatoms. The fourth-order valence-electron chi connectivity index (χ4n) is 3.62. The van der Waals surface area contributed by atoms with Crippen LogP contribution in [-0.4, -0.2) is 35.0 Å². The maximum absolute atomic E-state index is 15.7. The van der Waals surface area contributed by atoms with Crippen molar-refractivity contribution in [1.82, 2.24) is 9.88 Å². The fourth-order valence-corrected chi connectivity index (χ4v) is 3.76. The fraction of sp³-hybridized carbons (Fsp3) is 0.419. The van der Waals surface area contributed by atoms with Crippen LogP contribution in [0, 0.1) is 11.2 Å². The Morgan fingerprint density at radius 1 is 1.16 bits per heavy atom. The van der Waals surface area contributed by atoms with Gasteiger partial charge in [-0.05, 0) is 65.5 Å². The number of rotatable bonds is 8. The molecule has 2 heterocycles. The zero-order valence-corrected chi connectivity index (χ0v) is 24.4. The molecule has 1 saturated heterocycles. The van der Waals surface area contributed by atoms with Crippen molar-refractivity contribution in [3.8, 4) is 0 Å². The van der Waals surface area contributed by atoms with E-state index in [0.717, 1.165) is 5.57 Å². The van der Waals surface area contributed by atoms with Crippen LogP contribution in [-0.2, 0) is 9.74 Å². The second-order valence-electron chi connectivity index (χ2n) is 9.77. The van der Waals surface area contributed by atoms with Crippen molar-refractivity contribution in [2.45, 2.75) is 67.4 Å². The predicted octanol–water partition coefficient (Wildman–Crippen LogP) is 8.78. The van der Waals surface area contributed by atoms with Gasteiger partial charge in [-0.15, -0.1) is 0 Å². The second-order valence-corrected chi connectivity index (χ2v) is 10.0. The van der Waals surface area contributed by atoms with E-state index in [1.54, 1.807) is 24.0 Å². The normalized spacial score (nSPS) is 16.2. The monoisotopic (exact) mass is 546 g/mol. The van der Waals surface area contributed by atoms with Gasteiger partial charge in [-0.2, -0.15) is 4.94 Å². The lowest BCUT2D eigenvalue weighted by molar-refractivity contribution is -0.191. The quantitative estimate of drug-likeness (QED) is 0.242. The van der Waals surface area contributed by atoms with Crippen LogP contribution in [0.3, 0.4) is 0 Å². The van der Waals surface area contributed by atoms with Crippen molar-refractivity contribution in [2.75, 3.05) is 13.1 Å². The summed E-state index contributed by atoms with van der Waals surface area (Å²) in [6.07, 6.45) is 13.6. The zero-order valence-electron chi connectivity index (χ0n) is 23.7. The SMILES string of the molecule is C=C(/C=C(\C=C/C)c1cncc(/C(C)=C/C=C(\C=C\Cl)C(=O)N2CCC(OF)CC2)c1F)C(C)(C)C.CC. The Labute approximate surface area is 232 Å². The summed E-state index contributed by atoms with van der Waals surface area (Å²) in [5, 5.41) is 0. The number of nitrogens with zero attached hydrogens (tertiary/aromatic N) is 2. The van der Waals surface area contributed by atoms with E-state index in [1.807, 2.05) is 39.0 Å². The number of aromatic nitrogens is 1. The molecule has 4 nitrogen and oxygen atoms in total. The van der Waals surface area contributed by atoms with Crippen LogP contribution in [0.2, 0.25) is 0 Å². The van der Waals surface area contributed by atoms with Gasteiger partial charge in [-0.1, -0.05) is 77.1 Å². The molecule has 0 atom stereocenters. The van der Waals surface area contributed by atoms with E-state index in [-0.39, 0.29) is 11.3 Å². The van der Waals surface area contributed by atoms with Gasteiger partial charge in [0.05, 0.1) is 0 Å². The molecule has 0 aromatic carbocycles.